The standard InChI is InChI=1S/C58H38N2O/c1-2-12-39(13-3-1)40-26-31-46(32-27-40)59(49-35-30-43-36-45(25-24-44(43)38-49)50-19-11-23-57-58(50)53-18-6-9-22-56(53)61-57)47-33-28-41(29-34-47)42-14-10-15-48(37-42)60-54-20-7-4-16-51(54)52-17-5-8-21-55(52)60/h1-38H. The van der Waals surface area contributed by atoms with Gasteiger partial charge in [0.05, 0.1) is 11.0 Å². The quantitative estimate of drug-likeness (QED) is 0.161. The zero-order valence-corrected chi connectivity index (χ0v) is 33.2. The van der Waals surface area contributed by atoms with E-state index in [1.54, 1.807) is 0 Å². The molecule has 0 spiro atoms. The Morgan fingerprint density at radius 1 is 0.328 bits per heavy atom. The highest BCUT2D eigenvalue weighted by atomic mass is 16.3. The van der Waals surface area contributed by atoms with Gasteiger partial charge in [0.25, 0.3) is 0 Å². The zero-order valence-electron chi connectivity index (χ0n) is 33.2. The van der Waals surface area contributed by atoms with Crippen molar-refractivity contribution >= 4 is 71.6 Å². The molecule has 61 heavy (non-hydrogen) atoms. The Labute approximate surface area is 353 Å². The molecule has 0 aliphatic heterocycles. The lowest BCUT2D eigenvalue weighted by molar-refractivity contribution is 0.669. The van der Waals surface area contributed by atoms with Crippen molar-refractivity contribution in [2.24, 2.45) is 0 Å². The van der Waals surface area contributed by atoms with Crippen LogP contribution in [0.2, 0.25) is 0 Å². The molecular formula is C58H38N2O. The molecule has 0 bridgehead atoms. The first kappa shape index (κ1) is 34.9. The summed E-state index contributed by atoms with van der Waals surface area (Å²) >= 11 is 0. The van der Waals surface area contributed by atoms with Crippen molar-refractivity contribution in [3.05, 3.63) is 231 Å². The summed E-state index contributed by atoms with van der Waals surface area (Å²) in [4.78, 5) is 2.36. The molecule has 12 rings (SSSR count). The number of aromatic nitrogens is 1. The number of fused-ring (bicyclic) bond motifs is 7. The summed E-state index contributed by atoms with van der Waals surface area (Å²) in [6.07, 6.45) is 0. The zero-order chi connectivity index (χ0) is 40.3. The number of para-hydroxylation sites is 3. The van der Waals surface area contributed by atoms with Gasteiger partial charge in [-0.25, -0.2) is 0 Å². The van der Waals surface area contributed by atoms with Crippen LogP contribution >= 0.6 is 0 Å². The highest BCUT2D eigenvalue weighted by Gasteiger charge is 2.17. The van der Waals surface area contributed by atoms with E-state index in [2.05, 4.69) is 228 Å². The first-order valence-corrected chi connectivity index (χ1v) is 20.8. The minimum absolute atomic E-state index is 0.907. The molecule has 0 unspecified atom stereocenters. The Bertz CT molecular complexity index is 3520. The molecule has 0 aliphatic carbocycles. The molecule has 286 valence electrons. The minimum atomic E-state index is 0.907. The van der Waals surface area contributed by atoms with Crippen LogP contribution in [0.5, 0.6) is 0 Å². The number of hydrogen-bond acceptors (Lipinski definition) is 2. The average molecular weight is 779 g/mol. The van der Waals surface area contributed by atoms with E-state index in [0.29, 0.717) is 0 Å². The van der Waals surface area contributed by atoms with Gasteiger partial charge in [0.2, 0.25) is 0 Å². The van der Waals surface area contributed by atoms with E-state index in [1.807, 2.05) is 12.1 Å². The summed E-state index contributed by atoms with van der Waals surface area (Å²) in [6, 6.07) is 82.9. The lowest BCUT2D eigenvalue weighted by Gasteiger charge is -2.26. The molecule has 10 aromatic carbocycles. The van der Waals surface area contributed by atoms with Gasteiger partial charge in [-0.05, 0) is 123 Å². The maximum absolute atomic E-state index is 6.24. The van der Waals surface area contributed by atoms with Gasteiger partial charge in [-0.2, -0.15) is 0 Å². The van der Waals surface area contributed by atoms with E-state index in [-0.39, 0.29) is 0 Å². The highest BCUT2D eigenvalue weighted by molar-refractivity contribution is 6.13. The molecule has 2 aromatic heterocycles. The third kappa shape index (κ3) is 5.98. The molecule has 3 heteroatoms. The fourth-order valence-corrected chi connectivity index (χ4v) is 9.26. The summed E-state index contributed by atoms with van der Waals surface area (Å²) in [5, 5.41) is 7.18. The SMILES string of the molecule is c1ccc(-c2ccc(N(c3ccc(-c4cccc(-n5c6ccccc6c6ccccc65)c4)cc3)c3ccc4cc(-c5cccc6oc7ccccc7c56)ccc4c3)cc2)cc1. The van der Waals surface area contributed by atoms with E-state index in [0.717, 1.165) is 50.3 Å². The van der Waals surface area contributed by atoms with Gasteiger partial charge in [-0.1, -0.05) is 152 Å². The van der Waals surface area contributed by atoms with Gasteiger partial charge in [-0.3, -0.25) is 0 Å². The van der Waals surface area contributed by atoms with Crippen LogP contribution in [-0.2, 0) is 0 Å². The Balaban J connectivity index is 0.931. The molecule has 0 saturated heterocycles. The van der Waals surface area contributed by atoms with E-state index < -0.39 is 0 Å². The maximum atomic E-state index is 6.24. The Morgan fingerprint density at radius 2 is 0.852 bits per heavy atom. The van der Waals surface area contributed by atoms with Crippen molar-refractivity contribution < 1.29 is 4.42 Å². The third-order valence-corrected chi connectivity index (χ3v) is 12.2. The van der Waals surface area contributed by atoms with Gasteiger partial charge in [0.1, 0.15) is 11.2 Å². The van der Waals surface area contributed by atoms with E-state index >= 15 is 0 Å². The monoisotopic (exact) mass is 778 g/mol. The van der Waals surface area contributed by atoms with E-state index in [9.17, 15) is 0 Å². The van der Waals surface area contributed by atoms with Gasteiger partial charge < -0.3 is 13.9 Å². The first-order valence-electron chi connectivity index (χ1n) is 20.8. The molecule has 3 nitrogen and oxygen atoms in total. The summed E-state index contributed by atoms with van der Waals surface area (Å²) < 4.78 is 8.62. The lowest BCUT2D eigenvalue weighted by Crippen LogP contribution is -2.09. The third-order valence-electron chi connectivity index (χ3n) is 12.2. The fourth-order valence-electron chi connectivity index (χ4n) is 9.26. The largest absolute Gasteiger partial charge is 0.456 e. The summed E-state index contributed by atoms with van der Waals surface area (Å²) in [5.41, 5.74) is 15.7. The second kappa shape index (κ2) is 14.3. The molecular weight excluding hydrogens is 741 g/mol. The summed E-state index contributed by atoms with van der Waals surface area (Å²) in [6.45, 7) is 0. The van der Waals surface area contributed by atoms with Gasteiger partial charge in [0, 0.05) is 44.3 Å². The molecule has 0 radical (unpaired) electrons. The van der Waals surface area contributed by atoms with Crippen molar-refractivity contribution in [3.63, 3.8) is 0 Å². The number of rotatable bonds is 7. The predicted molar refractivity (Wildman–Crippen MR) is 257 cm³/mol. The Morgan fingerprint density at radius 3 is 1.59 bits per heavy atom. The van der Waals surface area contributed by atoms with Crippen molar-refractivity contribution in [3.8, 4) is 39.1 Å². The van der Waals surface area contributed by atoms with Crippen molar-refractivity contribution in [1.29, 1.82) is 0 Å². The molecule has 0 aliphatic rings. The lowest BCUT2D eigenvalue weighted by atomic mass is 9.96. The van der Waals surface area contributed by atoms with Crippen LogP contribution in [0, 0.1) is 0 Å². The van der Waals surface area contributed by atoms with Gasteiger partial charge >= 0.3 is 0 Å². The average Bonchev–Trinajstić information content (AvgIpc) is 3.88. The molecule has 0 saturated carbocycles. The second-order valence-electron chi connectivity index (χ2n) is 15.7. The maximum Gasteiger partial charge on any atom is 0.136 e. The fraction of sp³-hybridized carbons (Fsp3) is 0. The molecule has 0 fully saturated rings. The first-order chi connectivity index (χ1) is 30.2. The molecule has 12 aromatic rings. The van der Waals surface area contributed by atoms with Crippen molar-refractivity contribution in [2.75, 3.05) is 4.90 Å². The summed E-state index contributed by atoms with van der Waals surface area (Å²) in [5.74, 6) is 0. The molecule has 0 N–H and O–H groups in total. The van der Waals surface area contributed by atoms with Crippen LogP contribution in [0.15, 0.2) is 235 Å². The molecule has 2 heterocycles. The van der Waals surface area contributed by atoms with Crippen LogP contribution in [0.25, 0.3) is 93.6 Å². The van der Waals surface area contributed by atoms with Crippen LogP contribution in [0.1, 0.15) is 0 Å². The van der Waals surface area contributed by atoms with Crippen LogP contribution in [0.4, 0.5) is 17.1 Å². The van der Waals surface area contributed by atoms with Crippen LogP contribution in [-0.4, -0.2) is 4.57 Å². The van der Waals surface area contributed by atoms with Gasteiger partial charge in [0.15, 0.2) is 0 Å². The van der Waals surface area contributed by atoms with Crippen molar-refractivity contribution in [1.82, 2.24) is 4.57 Å². The number of anilines is 3. The van der Waals surface area contributed by atoms with Crippen molar-refractivity contribution in [2.45, 2.75) is 0 Å². The van der Waals surface area contributed by atoms with Gasteiger partial charge in [-0.15, -0.1) is 0 Å². The Hall–Kier alpha value is -8.14. The minimum Gasteiger partial charge on any atom is -0.456 e. The molecule has 0 atom stereocenters. The number of benzene rings is 10. The predicted octanol–water partition coefficient (Wildman–Crippen LogP) is 16.3. The number of hydrogen-bond donors (Lipinski definition) is 0. The van der Waals surface area contributed by atoms with Crippen LogP contribution < -0.4 is 4.90 Å². The number of furan rings is 1. The molecule has 0 amide bonds. The van der Waals surface area contributed by atoms with Crippen LogP contribution in [0.3, 0.4) is 0 Å². The van der Waals surface area contributed by atoms with E-state index in [4.69, 9.17) is 4.42 Å². The smallest absolute Gasteiger partial charge is 0.136 e. The topological polar surface area (TPSA) is 21.3 Å². The second-order valence-corrected chi connectivity index (χ2v) is 15.7. The summed E-state index contributed by atoms with van der Waals surface area (Å²) in [7, 11) is 0. The number of nitrogens with zero attached hydrogens (tertiary/aromatic N) is 2. The normalized spacial score (nSPS) is 11.6. The van der Waals surface area contributed by atoms with E-state index in [1.165, 1.54) is 60.4 Å². The highest BCUT2D eigenvalue weighted by Crippen LogP contribution is 2.41. The Kier molecular flexibility index (Phi) is 8.17.